The van der Waals surface area contributed by atoms with Gasteiger partial charge in [-0.3, -0.25) is 24.9 Å². The molecule has 0 radical (unpaired) electrons. The van der Waals surface area contributed by atoms with E-state index in [2.05, 4.69) is 32.2 Å². The molecule has 0 aliphatic carbocycles. The fraction of sp³-hybridized carbons (Fsp3) is 0.240. The SMILES string of the molecule is Cc1cc(C(F)(F)F)cc(N2NC(=O)CC2C(=O)N(CC#Cc2ncccn2)c2ccc(Cl)c(C)c2)n1. The first-order valence-corrected chi connectivity index (χ1v) is 11.4. The molecule has 2 amide bonds. The highest BCUT2D eigenvalue weighted by molar-refractivity contribution is 6.31. The van der Waals surface area contributed by atoms with E-state index >= 15 is 0 Å². The number of nitrogens with one attached hydrogen (secondary N) is 1. The highest BCUT2D eigenvalue weighted by Crippen LogP contribution is 2.33. The number of pyridine rings is 1. The van der Waals surface area contributed by atoms with Gasteiger partial charge in [0.1, 0.15) is 11.9 Å². The van der Waals surface area contributed by atoms with Crippen molar-refractivity contribution in [1.29, 1.82) is 0 Å². The number of halogens is 4. The third kappa shape index (κ3) is 5.98. The second-order valence-corrected chi connectivity index (χ2v) is 8.62. The maximum Gasteiger partial charge on any atom is 0.416 e. The van der Waals surface area contributed by atoms with E-state index in [0.717, 1.165) is 17.1 Å². The van der Waals surface area contributed by atoms with E-state index in [0.29, 0.717) is 16.3 Å². The molecule has 37 heavy (non-hydrogen) atoms. The van der Waals surface area contributed by atoms with Crippen LogP contribution in [0.15, 0.2) is 48.8 Å². The molecule has 4 rings (SSSR count). The number of hydrogen-bond donors (Lipinski definition) is 1. The standard InChI is InChI=1S/C25H20ClF3N6O2/c1-15-11-18(6-7-19(15)26)34(10-3-5-21-30-8-4-9-31-21)24(37)20-14-23(36)33-35(20)22-13-17(25(27,28)29)12-16(2)32-22/h4,6-9,11-13,20H,10,14H2,1-2H3,(H,33,36). The van der Waals surface area contributed by atoms with Crippen LogP contribution in [0.2, 0.25) is 5.02 Å². The quantitative estimate of drug-likeness (QED) is 0.517. The average Bonchev–Trinajstić information content (AvgIpc) is 3.25. The van der Waals surface area contributed by atoms with E-state index in [1.54, 1.807) is 31.2 Å². The van der Waals surface area contributed by atoms with Crippen LogP contribution in [0.1, 0.15) is 29.1 Å². The number of nitrogens with zero attached hydrogens (tertiary/aromatic N) is 5. The summed E-state index contributed by atoms with van der Waals surface area (Å²) in [4.78, 5) is 39.6. The molecule has 1 unspecified atom stereocenters. The van der Waals surface area contributed by atoms with Gasteiger partial charge in [0.25, 0.3) is 5.91 Å². The third-order valence-electron chi connectivity index (χ3n) is 5.46. The number of carbonyl (C=O) groups excluding carboxylic acids is 2. The summed E-state index contributed by atoms with van der Waals surface area (Å²) in [5.41, 5.74) is 2.74. The lowest BCUT2D eigenvalue weighted by atomic mass is 10.1. The van der Waals surface area contributed by atoms with Crippen LogP contribution < -0.4 is 15.3 Å². The Hall–Kier alpha value is -4.17. The number of hydrogen-bond acceptors (Lipinski definition) is 6. The minimum Gasteiger partial charge on any atom is -0.299 e. The number of carbonyl (C=O) groups is 2. The first kappa shape index (κ1) is 25.9. The Balaban J connectivity index is 1.71. The van der Waals surface area contributed by atoms with E-state index in [1.807, 2.05) is 0 Å². The normalized spacial score (nSPS) is 15.1. The van der Waals surface area contributed by atoms with Crippen LogP contribution in [-0.2, 0) is 15.8 Å². The minimum atomic E-state index is -4.63. The predicted molar refractivity (Wildman–Crippen MR) is 130 cm³/mol. The van der Waals surface area contributed by atoms with Crippen molar-refractivity contribution in [2.24, 2.45) is 0 Å². The third-order valence-corrected chi connectivity index (χ3v) is 5.88. The van der Waals surface area contributed by atoms with Crippen molar-refractivity contribution in [2.75, 3.05) is 16.5 Å². The molecule has 0 spiro atoms. The molecule has 0 bridgehead atoms. The van der Waals surface area contributed by atoms with Gasteiger partial charge < -0.3 is 0 Å². The topological polar surface area (TPSA) is 91.3 Å². The second kappa shape index (κ2) is 10.4. The van der Waals surface area contributed by atoms with Gasteiger partial charge >= 0.3 is 6.18 Å². The predicted octanol–water partition coefficient (Wildman–Crippen LogP) is 3.86. The van der Waals surface area contributed by atoms with Gasteiger partial charge in [-0.15, -0.1) is 0 Å². The van der Waals surface area contributed by atoms with Crippen molar-refractivity contribution >= 4 is 34.9 Å². The Labute approximate surface area is 215 Å². The summed E-state index contributed by atoms with van der Waals surface area (Å²) in [6.45, 7) is 3.06. The van der Waals surface area contributed by atoms with Crippen molar-refractivity contribution in [2.45, 2.75) is 32.5 Å². The zero-order chi connectivity index (χ0) is 26.7. The maximum absolute atomic E-state index is 13.8. The molecule has 0 saturated carbocycles. The summed E-state index contributed by atoms with van der Waals surface area (Å²) < 4.78 is 40.3. The van der Waals surface area contributed by atoms with Crippen molar-refractivity contribution < 1.29 is 22.8 Å². The zero-order valence-corrected chi connectivity index (χ0v) is 20.4. The fourth-order valence-corrected chi connectivity index (χ4v) is 3.83. The Morgan fingerprint density at radius 2 is 1.95 bits per heavy atom. The van der Waals surface area contributed by atoms with E-state index < -0.39 is 29.6 Å². The Morgan fingerprint density at radius 1 is 1.22 bits per heavy atom. The van der Waals surface area contributed by atoms with Gasteiger partial charge in [0, 0.05) is 28.8 Å². The van der Waals surface area contributed by atoms with Crippen LogP contribution in [0.4, 0.5) is 24.7 Å². The van der Waals surface area contributed by atoms with Crippen LogP contribution in [-0.4, -0.2) is 39.4 Å². The molecule has 3 aromatic rings. The van der Waals surface area contributed by atoms with Crippen LogP contribution in [0.25, 0.3) is 0 Å². The lowest BCUT2D eigenvalue weighted by molar-refractivity contribution is -0.137. The molecule has 1 saturated heterocycles. The summed E-state index contributed by atoms with van der Waals surface area (Å²) >= 11 is 6.15. The van der Waals surface area contributed by atoms with Gasteiger partial charge in [0.2, 0.25) is 11.7 Å². The number of amides is 2. The van der Waals surface area contributed by atoms with E-state index in [-0.39, 0.29) is 30.3 Å². The highest BCUT2D eigenvalue weighted by Gasteiger charge is 2.41. The molecule has 1 fully saturated rings. The first-order valence-electron chi connectivity index (χ1n) is 11.0. The van der Waals surface area contributed by atoms with Gasteiger partial charge in [-0.2, -0.15) is 13.2 Å². The summed E-state index contributed by atoms with van der Waals surface area (Å²) in [6.07, 6.45) is -1.86. The van der Waals surface area contributed by atoms with E-state index in [1.165, 1.54) is 24.2 Å². The number of aryl methyl sites for hydroxylation is 2. The summed E-state index contributed by atoms with van der Waals surface area (Å²) in [5, 5.41) is 1.55. The number of aromatic nitrogens is 3. The van der Waals surface area contributed by atoms with Crippen LogP contribution >= 0.6 is 11.6 Å². The molecular weight excluding hydrogens is 509 g/mol. The van der Waals surface area contributed by atoms with E-state index in [9.17, 15) is 22.8 Å². The molecular formula is C25H20ClF3N6O2. The summed E-state index contributed by atoms with van der Waals surface area (Å²) in [5.74, 6) is 4.57. The zero-order valence-electron chi connectivity index (χ0n) is 19.7. The Kier molecular flexibility index (Phi) is 7.31. The smallest absolute Gasteiger partial charge is 0.299 e. The fourth-order valence-electron chi connectivity index (χ4n) is 3.71. The van der Waals surface area contributed by atoms with Gasteiger partial charge in [-0.1, -0.05) is 17.5 Å². The lowest BCUT2D eigenvalue weighted by Crippen LogP contribution is -2.49. The Morgan fingerprint density at radius 3 is 2.62 bits per heavy atom. The van der Waals surface area contributed by atoms with Crippen molar-refractivity contribution in [3.63, 3.8) is 0 Å². The molecule has 1 aliphatic rings. The molecule has 1 aromatic carbocycles. The number of anilines is 2. The van der Waals surface area contributed by atoms with Crippen LogP contribution in [0, 0.1) is 25.7 Å². The van der Waals surface area contributed by atoms with Crippen LogP contribution in [0.3, 0.4) is 0 Å². The van der Waals surface area contributed by atoms with Crippen molar-refractivity contribution in [3.05, 3.63) is 76.5 Å². The average molecular weight is 529 g/mol. The molecule has 8 nitrogen and oxygen atoms in total. The molecule has 2 aromatic heterocycles. The summed E-state index contributed by atoms with van der Waals surface area (Å²) in [7, 11) is 0. The largest absolute Gasteiger partial charge is 0.416 e. The number of hydrazine groups is 1. The van der Waals surface area contributed by atoms with Gasteiger partial charge in [0.05, 0.1) is 18.5 Å². The monoisotopic (exact) mass is 528 g/mol. The number of alkyl halides is 3. The minimum absolute atomic E-state index is 0.0797. The molecule has 190 valence electrons. The van der Waals surface area contributed by atoms with Crippen molar-refractivity contribution in [3.8, 4) is 11.8 Å². The lowest BCUT2D eigenvalue weighted by Gasteiger charge is -2.29. The summed E-state index contributed by atoms with van der Waals surface area (Å²) in [6, 6.07) is 7.07. The van der Waals surface area contributed by atoms with Gasteiger partial charge in [-0.05, 0) is 61.7 Å². The van der Waals surface area contributed by atoms with Crippen molar-refractivity contribution in [1.82, 2.24) is 20.4 Å². The number of benzene rings is 1. The Bertz CT molecular complexity index is 1410. The molecule has 3 heterocycles. The van der Waals surface area contributed by atoms with Gasteiger partial charge in [0.15, 0.2) is 0 Å². The molecule has 1 N–H and O–H groups in total. The van der Waals surface area contributed by atoms with Crippen LogP contribution in [0.5, 0.6) is 0 Å². The maximum atomic E-state index is 13.8. The highest BCUT2D eigenvalue weighted by atomic mass is 35.5. The molecule has 12 heteroatoms. The molecule has 1 atom stereocenters. The van der Waals surface area contributed by atoms with E-state index in [4.69, 9.17) is 11.6 Å². The first-order chi connectivity index (χ1) is 17.5. The number of rotatable bonds is 4. The second-order valence-electron chi connectivity index (χ2n) is 8.21. The molecule has 1 aliphatic heterocycles. The van der Waals surface area contributed by atoms with Gasteiger partial charge in [-0.25, -0.2) is 15.0 Å².